The number of benzene rings is 2. The summed E-state index contributed by atoms with van der Waals surface area (Å²) in [6, 6.07) is 14.9. The van der Waals surface area contributed by atoms with Crippen LogP contribution >= 0.6 is 0 Å². The number of aromatic nitrogens is 2. The van der Waals surface area contributed by atoms with Crippen molar-refractivity contribution in [1.82, 2.24) is 9.38 Å². The molecule has 0 bridgehead atoms. The normalized spacial score (nSPS) is 10.8. The Bertz CT molecular complexity index is 1330. The average molecular weight is 490 g/mol. The Morgan fingerprint density at radius 2 is 1.56 bits per heavy atom. The van der Waals surface area contributed by atoms with E-state index in [0.717, 1.165) is 22.5 Å². The number of anilines is 1. The Balaban J connectivity index is 1.79. The van der Waals surface area contributed by atoms with Gasteiger partial charge in [0.05, 0.1) is 26.9 Å². The number of hydrogen-bond acceptors (Lipinski definition) is 6. The van der Waals surface area contributed by atoms with Gasteiger partial charge in [0.25, 0.3) is 5.91 Å². The third-order valence-electron chi connectivity index (χ3n) is 5.55. The maximum atomic E-state index is 13.6. The van der Waals surface area contributed by atoms with E-state index < -0.39 is 0 Å². The van der Waals surface area contributed by atoms with Gasteiger partial charge >= 0.3 is 0 Å². The molecule has 0 spiro atoms. The van der Waals surface area contributed by atoms with Crippen LogP contribution in [0.3, 0.4) is 0 Å². The first-order valence-corrected chi connectivity index (χ1v) is 12.0. The summed E-state index contributed by atoms with van der Waals surface area (Å²) in [6.07, 6.45) is 1.90. The minimum Gasteiger partial charge on any atom is -0.497 e. The highest BCUT2D eigenvalue weighted by Gasteiger charge is 2.21. The maximum Gasteiger partial charge on any atom is 0.257 e. The molecule has 1 amide bonds. The number of nitrogens with one attached hydrogen (secondary N) is 1. The Morgan fingerprint density at radius 3 is 2.14 bits per heavy atom. The van der Waals surface area contributed by atoms with Crippen LogP contribution in [-0.4, -0.2) is 42.2 Å². The van der Waals surface area contributed by atoms with E-state index in [2.05, 4.69) is 5.32 Å². The topological polar surface area (TPSA) is 83.3 Å². The van der Waals surface area contributed by atoms with Crippen LogP contribution in [0.2, 0.25) is 0 Å². The molecule has 0 saturated heterocycles. The molecule has 2 aromatic carbocycles. The maximum absolute atomic E-state index is 13.6. The van der Waals surface area contributed by atoms with Crippen molar-refractivity contribution >= 4 is 17.4 Å². The molecule has 8 nitrogen and oxygen atoms in total. The Hall–Kier alpha value is -4.20. The van der Waals surface area contributed by atoms with Gasteiger partial charge in [-0.25, -0.2) is 4.98 Å². The zero-order valence-corrected chi connectivity index (χ0v) is 21.3. The summed E-state index contributed by atoms with van der Waals surface area (Å²) >= 11 is 0. The van der Waals surface area contributed by atoms with Crippen LogP contribution in [0, 0.1) is 6.92 Å². The van der Waals surface area contributed by atoms with Gasteiger partial charge in [-0.3, -0.25) is 9.20 Å². The Kier molecular flexibility index (Phi) is 7.63. The molecule has 0 fully saturated rings. The average Bonchev–Trinajstić information content (AvgIpc) is 3.23. The largest absolute Gasteiger partial charge is 0.497 e. The second-order valence-electron chi connectivity index (χ2n) is 8.02. The van der Waals surface area contributed by atoms with E-state index in [1.807, 2.05) is 74.7 Å². The summed E-state index contributed by atoms with van der Waals surface area (Å²) < 4.78 is 24.5. The summed E-state index contributed by atoms with van der Waals surface area (Å²) in [6.45, 7) is 8.94. The molecule has 0 aliphatic carbocycles. The number of carbonyl (C=O) groups is 1. The fourth-order valence-electron chi connectivity index (χ4n) is 3.92. The van der Waals surface area contributed by atoms with Crippen molar-refractivity contribution in [1.29, 1.82) is 0 Å². The minimum absolute atomic E-state index is 0.322. The van der Waals surface area contributed by atoms with Crippen LogP contribution in [-0.2, 0) is 0 Å². The Labute approximate surface area is 210 Å². The van der Waals surface area contributed by atoms with E-state index >= 15 is 0 Å². The van der Waals surface area contributed by atoms with Crippen molar-refractivity contribution in [3.63, 3.8) is 0 Å². The summed E-state index contributed by atoms with van der Waals surface area (Å²) in [5, 5.41) is 3.06. The van der Waals surface area contributed by atoms with Gasteiger partial charge in [0.1, 0.15) is 22.9 Å². The molecule has 0 radical (unpaired) electrons. The monoisotopic (exact) mass is 489 g/mol. The number of hydrogen-bond donors (Lipinski definition) is 1. The molecule has 0 aliphatic rings. The number of imidazole rings is 1. The molecular formula is C28H31N3O5. The molecular weight excluding hydrogens is 458 g/mol. The predicted octanol–water partition coefficient (Wildman–Crippen LogP) is 5.77. The van der Waals surface area contributed by atoms with E-state index in [0.29, 0.717) is 54.1 Å². The lowest BCUT2D eigenvalue weighted by molar-refractivity contribution is 0.102. The SMILES string of the molecule is CCOc1cc(C(=O)Nc2c(-c3ccc(OC)cc3)nc3cc(C)ccn23)cc(OCC)c1OCC. The van der Waals surface area contributed by atoms with Crippen molar-refractivity contribution in [2.45, 2.75) is 27.7 Å². The number of nitrogens with zero attached hydrogens (tertiary/aromatic N) is 2. The van der Waals surface area contributed by atoms with Gasteiger partial charge in [0.15, 0.2) is 11.5 Å². The third-order valence-corrected chi connectivity index (χ3v) is 5.55. The molecule has 0 unspecified atom stereocenters. The number of ether oxygens (including phenoxy) is 4. The van der Waals surface area contributed by atoms with Crippen molar-refractivity contribution in [2.75, 3.05) is 32.2 Å². The number of pyridine rings is 1. The summed E-state index contributed by atoms with van der Waals surface area (Å²) in [5.41, 5.74) is 3.68. The number of amides is 1. The van der Waals surface area contributed by atoms with Gasteiger partial charge in [0, 0.05) is 17.3 Å². The molecule has 0 atom stereocenters. The smallest absolute Gasteiger partial charge is 0.257 e. The second-order valence-corrected chi connectivity index (χ2v) is 8.02. The standard InChI is InChI=1S/C28H31N3O5/c1-6-34-22-16-20(17-23(35-7-2)26(22)36-8-3)28(32)30-27-25(19-9-11-21(33-5)12-10-19)29-24-15-18(4)13-14-31(24)27/h9-17H,6-8H2,1-5H3,(H,30,32). The first-order chi connectivity index (χ1) is 17.5. The number of fused-ring (bicyclic) bond motifs is 1. The first-order valence-electron chi connectivity index (χ1n) is 12.0. The second kappa shape index (κ2) is 11.0. The highest BCUT2D eigenvalue weighted by molar-refractivity contribution is 6.06. The molecule has 0 aliphatic heterocycles. The van der Waals surface area contributed by atoms with Gasteiger partial charge in [-0.05, 0) is 81.8 Å². The number of aryl methyl sites for hydroxylation is 1. The van der Waals surface area contributed by atoms with Crippen molar-refractivity contribution < 1.29 is 23.7 Å². The lowest BCUT2D eigenvalue weighted by atomic mass is 10.1. The minimum atomic E-state index is -0.322. The fourth-order valence-corrected chi connectivity index (χ4v) is 3.92. The van der Waals surface area contributed by atoms with Crippen molar-refractivity contribution in [3.05, 3.63) is 65.9 Å². The van der Waals surface area contributed by atoms with Gasteiger partial charge in [-0.2, -0.15) is 0 Å². The molecule has 4 aromatic rings. The predicted molar refractivity (Wildman–Crippen MR) is 140 cm³/mol. The van der Waals surface area contributed by atoms with Crippen molar-refractivity contribution in [2.24, 2.45) is 0 Å². The van der Waals surface area contributed by atoms with Gasteiger partial charge in [-0.1, -0.05) is 0 Å². The summed E-state index contributed by atoms with van der Waals surface area (Å²) in [4.78, 5) is 18.4. The van der Waals surface area contributed by atoms with Crippen LogP contribution in [0.15, 0.2) is 54.7 Å². The highest BCUT2D eigenvalue weighted by Crippen LogP contribution is 2.39. The van der Waals surface area contributed by atoms with E-state index in [1.54, 1.807) is 19.2 Å². The van der Waals surface area contributed by atoms with Crippen LogP contribution in [0.4, 0.5) is 5.82 Å². The fraction of sp³-hybridized carbons (Fsp3) is 0.286. The van der Waals surface area contributed by atoms with E-state index in [4.69, 9.17) is 23.9 Å². The highest BCUT2D eigenvalue weighted by atomic mass is 16.5. The summed E-state index contributed by atoms with van der Waals surface area (Å²) in [5.74, 6) is 2.38. The molecule has 4 rings (SSSR count). The van der Waals surface area contributed by atoms with E-state index in [9.17, 15) is 4.79 Å². The van der Waals surface area contributed by atoms with Gasteiger partial charge in [-0.15, -0.1) is 0 Å². The number of rotatable bonds is 10. The number of methoxy groups -OCH3 is 1. The third kappa shape index (κ3) is 5.07. The summed E-state index contributed by atoms with van der Waals surface area (Å²) in [7, 11) is 1.62. The molecule has 2 heterocycles. The first kappa shape index (κ1) is 24.9. The molecule has 1 N–H and O–H groups in total. The Morgan fingerprint density at radius 1 is 0.917 bits per heavy atom. The van der Waals surface area contributed by atoms with Crippen LogP contribution in [0.5, 0.6) is 23.0 Å². The van der Waals surface area contributed by atoms with E-state index in [-0.39, 0.29) is 5.91 Å². The van der Waals surface area contributed by atoms with E-state index in [1.165, 1.54) is 0 Å². The van der Waals surface area contributed by atoms with Crippen LogP contribution in [0.1, 0.15) is 36.7 Å². The van der Waals surface area contributed by atoms with Crippen LogP contribution in [0.25, 0.3) is 16.9 Å². The van der Waals surface area contributed by atoms with Crippen molar-refractivity contribution in [3.8, 4) is 34.3 Å². The number of carbonyl (C=O) groups excluding carboxylic acids is 1. The van der Waals surface area contributed by atoms with Gasteiger partial charge in [0.2, 0.25) is 5.75 Å². The quantitative estimate of drug-likeness (QED) is 0.305. The zero-order valence-electron chi connectivity index (χ0n) is 21.3. The van der Waals surface area contributed by atoms with Crippen LogP contribution < -0.4 is 24.3 Å². The van der Waals surface area contributed by atoms with Gasteiger partial charge < -0.3 is 24.3 Å². The molecule has 188 valence electrons. The molecule has 36 heavy (non-hydrogen) atoms. The lowest BCUT2D eigenvalue weighted by Crippen LogP contribution is -2.15. The lowest BCUT2D eigenvalue weighted by Gasteiger charge is -2.17. The molecule has 0 saturated carbocycles. The molecule has 8 heteroatoms. The molecule has 2 aromatic heterocycles. The zero-order chi connectivity index (χ0) is 25.7.